The van der Waals surface area contributed by atoms with Gasteiger partial charge in [0, 0.05) is 36.9 Å². The second-order valence-corrected chi connectivity index (χ2v) is 7.34. The largest absolute Gasteiger partial charge is 0.480 e. The fourth-order valence-corrected chi connectivity index (χ4v) is 3.81. The summed E-state index contributed by atoms with van der Waals surface area (Å²) in [4.78, 5) is 30.6. The Balaban J connectivity index is 1.54. The molecule has 5 rings (SSSR count). The number of H-pyrrole nitrogens is 1. The van der Waals surface area contributed by atoms with Crippen LogP contribution in [0.1, 0.15) is 0 Å². The molecule has 1 fully saturated rings. The number of nitrogens with zero attached hydrogens (tertiary/aromatic N) is 4. The van der Waals surface area contributed by atoms with Gasteiger partial charge in [-0.25, -0.2) is 15.0 Å². The maximum Gasteiger partial charge on any atom is 0.259 e. The first kappa shape index (κ1) is 20.0. The lowest BCUT2D eigenvalue weighted by Crippen LogP contribution is -2.36. The quantitative estimate of drug-likeness (QED) is 0.498. The number of fused-ring (bicyclic) bond motifs is 1. The second kappa shape index (κ2) is 8.64. The maximum absolute atomic E-state index is 12.6. The molecule has 9 heteroatoms. The van der Waals surface area contributed by atoms with E-state index in [4.69, 9.17) is 14.5 Å². The van der Waals surface area contributed by atoms with Crippen LogP contribution < -0.4 is 20.5 Å². The number of hydrogen-bond acceptors (Lipinski definition) is 8. The molecule has 162 valence electrons. The Morgan fingerprint density at radius 3 is 2.75 bits per heavy atom. The summed E-state index contributed by atoms with van der Waals surface area (Å²) in [6.45, 7) is 3.21. The third-order valence-corrected chi connectivity index (χ3v) is 5.41. The average molecular weight is 430 g/mol. The molecule has 0 atom stereocenters. The first-order chi connectivity index (χ1) is 15.7. The Morgan fingerprint density at radius 2 is 1.97 bits per heavy atom. The molecule has 0 bridgehead atoms. The van der Waals surface area contributed by atoms with Crippen molar-refractivity contribution in [3.05, 3.63) is 65.5 Å². The van der Waals surface area contributed by atoms with Gasteiger partial charge in [-0.15, -0.1) is 0 Å². The zero-order chi connectivity index (χ0) is 21.9. The van der Waals surface area contributed by atoms with Gasteiger partial charge >= 0.3 is 0 Å². The number of anilines is 3. The van der Waals surface area contributed by atoms with Crippen LogP contribution in [-0.2, 0) is 4.74 Å². The summed E-state index contributed by atoms with van der Waals surface area (Å²) in [5, 5.41) is 4.53. The minimum atomic E-state index is -0.217. The SMILES string of the molecule is COc1ncncc1-c1cc2cc[nH]c(=O)c2c(Nc2ccc(N3CCOCC3)cc2)n1. The van der Waals surface area contributed by atoms with Gasteiger partial charge < -0.3 is 24.7 Å². The number of pyridine rings is 2. The van der Waals surface area contributed by atoms with Crippen molar-refractivity contribution < 1.29 is 9.47 Å². The minimum Gasteiger partial charge on any atom is -0.480 e. The highest BCUT2D eigenvalue weighted by atomic mass is 16.5. The van der Waals surface area contributed by atoms with Crippen molar-refractivity contribution in [2.45, 2.75) is 0 Å². The van der Waals surface area contributed by atoms with Crippen molar-refractivity contribution in [3.8, 4) is 17.1 Å². The fraction of sp³-hybridized carbons (Fsp3) is 0.217. The molecular weight excluding hydrogens is 408 g/mol. The summed E-state index contributed by atoms with van der Waals surface area (Å²) in [7, 11) is 1.55. The van der Waals surface area contributed by atoms with E-state index < -0.39 is 0 Å². The van der Waals surface area contributed by atoms with Crippen LogP contribution in [0.15, 0.2) is 59.9 Å². The van der Waals surface area contributed by atoms with Gasteiger partial charge in [0.25, 0.3) is 5.56 Å². The van der Waals surface area contributed by atoms with Gasteiger partial charge in [-0.2, -0.15) is 0 Å². The van der Waals surface area contributed by atoms with Crippen LogP contribution in [0, 0.1) is 0 Å². The fourth-order valence-electron chi connectivity index (χ4n) is 3.81. The van der Waals surface area contributed by atoms with Gasteiger partial charge in [-0.3, -0.25) is 4.79 Å². The third kappa shape index (κ3) is 3.85. The van der Waals surface area contributed by atoms with Crippen LogP contribution in [0.25, 0.3) is 22.0 Å². The summed E-state index contributed by atoms with van der Waals surface area (Å²) in [5.74, 6) is 0.863. The number of methoxy groups -OCH3 is 1. The van der Waals surface area contributed by atoms with Gasteiger partial charge in [-0.1, -0.05) is 0 Å². The van der Waals surface area contributed by atoms with E-state index in [1.807, 2.05) is 24.3 Å². The number of nitrogens with one attached hydrogen (secondary N) is 2. The Labute approximate surface area is 184 Å². The number of morpholine rings is 1. The van der Waals surface area contributed by atoms with Gasteiger partial charge in [0.15, 0.2) is 0 Å². The smallest absolute Gasteiger partial charge is 0.259 e. The Morgan fingerprint density at radius 1 is 1.16 bits per heavy atom. The van der Waals surface area contributed by atoms with Crippen molar-refractivity contribution in [1.82, 2.24) is 19.9 Å². The highest BCUT2D eigenvalue weighted by molar-refractivity contribution is 5.95. The molecule has 0 radical (unpaired) electrons. The molecule has 4 heterocycles. The van der Waals surface area contributed by atoms with E-state index in [0.29, 0.717) is 28.3 Å². The zero-order valence-electron chi connectivity index (χ0n) is 17.5. The number of aromatic amines is 1. The van der Waals surface area contributed by atoms with Gasteiger partial charge in [0.2, 0.25) is 5.88 Å². The molecule has 0 spiro atoms. The van der Waals surface area contributed by atoms with Gasteiger partial charge in [0.1, 0.15) is 12.1 Å². The molecule has 3 aromatic heterocycles. The van der Waals surface area contributed by atoms with Crippen molar-refractivity contribution in [1.29, 1.82) is 0 Å². The zero-order valence-corrected chi connectivity index (χ0v) is 17.5. The second-order valence-electron chi connectivity index (χ2n) is 7.34. The van der Waals surface area contributed by atoms with E-state index in [9.17, 15) is 4.79 Å². The first-order valence-corrected chi connectivity index (χ1v) is 10.3. The normalized spacial score (nSPS) is 13.8. The van der Waals surface area contributed by atoms with E-state index in [-0.39, 0.29) is 5.56 Å². The predicted octanol–water partition coefficient (Wildman–Crippen LogP) is 2.97. The van der Waals surface area contributed by atoms with Crippen molar-refractivity contribution >= 4 is 28.0 Å². The highest BCUT2D eigenvalue weighted by Gasteiger charge is 2.15. The number of hydrogen-bond donors (Lipinski definition) is 2. The van der Waals surface area contributed by atoms with Crippen LogP contribution in [0.3, 0.4) is 0 Å². The molecule has 1 aromatic carbocycles. The molecule has 1 saturated heterocycles. The van der Waals surface area contributed by atoms with Crippen LogP contribution in [0.2, 0.25) is 0 Å². The Hall–Kier alpha value is -3.98. The minimum absolute atomic E-state index is 0.217. The Bertz CT molecular complexity index is 1300. The lowest BCUT2D eigenvalue weighted by atomic mass is 10.1. The van der Waals surface area contributed by atoms with Crippen molar-refractivity contribution in [3.63, 3.8) is 0 Å². The highest BCUT2D eigenvalue weighted by Crippen LogP contribution is 2.31. The summed E-state index contributed by atoms with van der Waals surface area (Å²) < 4.78 is 10.8. The molecule has 0 saturated carbocycles. The lowest BCUT2D eigenvalue weighted by molar-refractivity contribution is 0.122. The summed E-state index contributed by atoms with van der Waals surface area (Å²) in [5.41, 5.74) is 2.99. The van der Waals surface area contributed by atoms with Crippen LogP contribution in [-0.4, -0.2) is 53.3 Å². The predicted molar refractivity (Wildman–Crippen MR) is 123 cm³/mol. The topological polar surface area (TPSA) is 105 Å². The van der Waals surface area contributed by atoms with Crippen molar-refractivity contribution in [2.24, 2.45) is 0 Å². The maximum atomic E-state index is 12.6. The molecule has 4 aromatic rings. The Kier molecular flexibility index (Phi) is 5.39. The van der Waals surface area contributed by atoms with Crippen LogP contribution in [0.5, 0.6) is 5.88 Å². The standard InChI is InChI=1S/C23H22N6O3/c1-31-23-18(13-24-14-26-23)19-12-15-6-7-25-22(30)20(15)21(28-19)27-16-2-4-17(5-3-16)29-8-10-32-11-9-29/h2-7,12-14H,8-11H2,1H3,(H,25,30)(H,27,28). The monoisotopic (exact) mass is 430 g/mol. The van der Waals surface area contributed by atoms with E-state index >= 15 is 0 Å². The first-order valence-electron chi connectivity index (χ1n) is 10.3. The van der Waals surface area contributed by atoms with E-state index in [1.165, 1.54) is 6.33 Å². The molecule has 0 amide bonds. The van der Waals surface area contributed by atoms with Gasteiger partial charge in [0.05, 0.1) is 37.0 Å². The molecule has 1 aliphatic heterocycles. The molecule has 0 aliphatic carbocycles. The lowest BCUT2D eigenvalue weighted by Gasteiger charge is -2.28. The van der Waals surface area contributed by atoms with E-state index in [1.54, 1.807) is 19.5 Å². The van der Waals surface area contributed by atoms with Crippen LogP contribution in [0.4, 0.5) is 17.2 Å². The molecule has 2 N–H and O–H groups in total. The molecule has 32 heavy (non-hydrogen) atoms. The van der Waals surface area contributed by atoms with Crippen molar-refractivity contribution in [2.75, 3.05) is 43.6 Å². The summed E-state index contributed by atoms with van der Waals surface area (Å²) in [6, 6.07) is 11.7. The number of aromatic nitrogens is 4. The number of ether oxygens (including phenoxy) is 2. The molecule has 9 nitrogen and oxygen atoms in total. The number of benzene rings is 1. The number of rotatable bonds is 5. The van der Waals surface area contributed by atoms with E-state index in [0.717, 1.165) is 43.1 Å². The molecule has 0 unspecified atom stereocenters. The molecular formula is C23H22N6O3. The van der Waals surface area contributed by atoms with Crippen LogP contribution >= 0.6 is 0 Å². The van der Waals surface area contributed by atoms with Gasteiger partial charge in [-0.05, 0) is 41.8 Å². The average Bonchev–Trinajstić information content (AvgIpc) is 2.85. The molecule has 1 aliphatic rings. The third-order valence-electron chi connectivity index (χ3n) is 5.41. The summed E-state index contributed by atoms with van der Waals surface area (Å²) >= 11 is 0. The van der Waals surface area contributed by atoms with E-state index in [2.05, 4.69) is 37.3 Å². The summed E-state index contributed by atoms with van der Waals surface area (Å²) in [6.07, 6.45) is 4.69.